The second-order valence-electron chi connectivity index (χ2n) is 5.07. The van der Waals surface area contributed by atoms with Crippen LogP contribution in [0.5, 0.6) is 5.75 Å². The molecule has 19 heavy (non-hydrogen) atoms. The summed E-state index contributed by atoms with van der Waals surface area (Å²) in [4.78, 5) is 12.5. The van der Waals surface area contributed by atoms with E-state index in [4.69, 9.17) is 9.47 Å². The van der Waals surface area contributed by atoms with Crippen LogP contribution in [-0.4, -0.2) is 30.4 Å². The van der Waals surface area contributed by atoms with Crippen molar-refractivity contribution in [2.45, 2.75) is 45.1 Å². The predicted molar refractivity (Wildman–Crippen MR) is 74.5 cm³/mol. The minimum atomic E-state index is -0.913. The summed E-state index contributed by atoms with van der Waals surface area (Å²) in [5, 5.41) is 9.18. The molecule has 0 aromatic carbocycles. The maximum absolute atomic E-state index is 11.2. The molecule has 1 aromatic rings. The lowest BCUT2D eigenvalue weighted by Crippen LogP contribution is -2.11. The van der Waals surface area contributed by atoms with Crippen LogP contribution in [0.1, 0.15) is 53.6 Å². The monoisotopic (exact) mass is 284 g/mol. The molecule has 0 aliphatic carbocycles. The Labute approximate surface area is 117 Å². The highest BCUT2D eigenvalue weighted by Gasteiger charge is 2.19. The highest BCUT2D eigenvalue weighted by atomic mass is 32.1. The third kappa shape index (κ3) is 3.70. The van der Waals surface area contributed by atoms with Gasteiger partial charge in [0.15, 0.2) is 4.88 Å². The second kappa shape index (κ2) is 6.39. The first kappa shape index (κ1) is 14.3. The van der Waals surface area contributed by atoms with Gasteiger partial charge in [0, 0.05) is 17.9 Å². The number of hydrogen-bond acceptors (Lipinski definition) is 4. The van der Waals surface area contributed by atoms with Gasteiger partial charge in [-0.25, -0.2) is 4.79 Å². The zero-order chi connectivity index (χ0) is 13.8. The molecule has 0 radical (unpaired) electrons. The van der Waals surface area contributed by atoms with Crippen molar-refractivity contribution >= 4 is 17.3 Å². The van der Waals surface area contributed by atoms with Gasteiger partial charge < -0.3 is 14.6 Å². The number of carboxylic acid groups (broad SMARTS) is 1. The van der Waals surface area contributed by atoms with E-state index in [1.807, 2.05) is 19.9 Å². The number of carboxylic acids is 1. The van der Waals surface area contributed by atoms with Crippen molar-refractivity contribution in [1.29, 1.82) is 0 Å². The molecule has 1 saturated heterocycles. The molecule has 0 spiro atoms. The molecule has 2 rings (SSSR count). The highest BCUT2D eigenvalue weighted by molar-refractivity contribution is 7.14. The molecular formula is C14H20O4S. The summed E-state index contributed by atoms with van der Waals surface area (Å²) in [6.07, 6.45) is 3.29. The van der Waals surface area contributed by atoms with Crippen LogP contribution in [0.15, 0.2) is 6.07 Å². The zero-order valence-electron chi connectivity index (χ0n) is 11.3. The van der Waals surface area contributed by atoms with Crippen LogP contribution in [0.4, 0.5) is 0 Å². The quantitative estimate of drug-likeness (QED) is 0.868. The summed E-state index contributed by atoms with van der Waals surface area (Å²) in [6.45, 7) is 5.45. The molecule has 1 aliphatic heterocycles. The fraction of sp³-hybridized carbons (Fsp3) is 0.643. The van der Waals surface area contributed by atoms with Crippen LogP contribution < -0.4 is 4.74 Å². The van der Waals surface area contributed by atoms with Gasteiger partial charge >= 0.3 is 5.97 Å². The van der Waals surface area contributed by atoms with Crippen molar-refractivity contribution < 1.29 is 19.4 Å². The van der Waals surface area contributed by atoms with E-state index in [0.717, 1.165) is 30.7 Å². The zero-order valence-corrected chi connectivity index (χ0v) is 12.2. The minimum Gasteiger partial charge on any atom is -0.492 e. The molecule has 0 amide bonds. The van der Waals surface area contributed by atoms with Crippen molar-refractivity contribution in [3.05, 3.63) is 15.8 Å². The lowest BCUT2D eigenvalue weighted by Gasteiger charge is -2.10. The van der Waals surface area contributed by atoms with Crippen molar-refractivity contribution in [3.8, 4) is 5.75 Å². The first-order valence-corrected chi connectivity index (χ1v) is 7.51. The molecule has 1 atom stereocenters. The fourth-order valence-corrected chi connectivity index (χ4v) is 3.05. The van der Waals surface area contributed by atoms with Gasteiger partial charge in [-0.05, 0) is 24.8 Å². The standard InChI is InChI=1S/C14H20O4S/c1-9(2)12-8-11(13(19-12)14(15)16)18-7-5-10-4-3-6-17-10/h8-10H,3-7H2,1-2H3,(H,15,16). The van der Waals surface area contributed by atoms with Gasteiger partial charge in [-0.2, -0.15) is 0 Å². The van der Waals surface area contributed by atoms with Gasteiger partial charge in [0.1, 0.15) is 5.75 Å². The molecule has 1 aliphatic rings. The van der Waals surface area contributed by atoms with Crippen LogP contribution >= 0.6 is 11.3 Å². The van der Waals surface area contributed by atoms with Crippen LogP contribution in [0.25, 0.3) is 0 Å². The van der Waals surface area contributed by atoms with E-state index in [2.05, 4.69) is 0 Å². The molecule has 0 bridgehead atoms. The van der Waals surface area contributed by atoms with Gasteiger partial charge in [-0.1, -0.05) is 13.8 Å². The number of rotatable bonds is 6. The Bertz CT molecular complexity index is 433. The Morgan fingerprint density at radius 1 is 1.63 bits per heavy atom. The van der Waals surface area contributed by atoms with Crippen LogP contribution in [0.2, 0.25) is 0 Å². The predicted octanol–water partition coefficient (Wildman–Crippen LogP) is 3.52. The first-order chi connectivity index (χ1) is 9.08. The summed E-state index contributed by atoms with van der Waals surface area (Å²) in [7, 11) is 0. The van der Waals surface area contributed by atoms with Crippen molar-refractivity contribution in [1.82, 2.24) is 0 Å². The molecule has 1 unspecified atom stereocenters. The normalized spacial score (nSPS) is 19.0. The molecule has 1 N–H and O–H groups in total. The Hall–Kier alpha value is -1.07. The molecular weight excluding hydrogens is 264 g/mol. The van der Waals surface area contributed by atoms with E-state index in [1.54, 1.807) is 0 Å². The van der Waals surface area contributed by atoms with E-state index in [0.29, 0.717) is 23.2 Å². The fourth-order valence-electron chi connectivity index (χ4n) is 2.11. The van der Waals surface area contributed by atoms with Crippen molar-refractivity contribution in [2.75, 3.05) is 13.2 Å². The topological polar surface area (TPSA) is 55.8 Å². The number of aromatic carboxylic acids is 1. The number of thiophene rings is 1. The van der Waals surface area contributed by atoms with Crippen LogP contribution in [-0.2, 0) is 4.74 Å². The maximum Gasteiger partial charge on any atom is 0.349 e. The Morgan fingerprint density at radius 2 is 2.42 bits per heavy atom. The summed E-state index contributed by atoms with van der Waals surface area (Å²) >= 11 is 1.30. The summed E-state index contributed by atoms with van der Waals surface area (Å²) in [6, 6.07) is 1.86. The van der Waals surface area contributed by atoms with E-state index in [1.165, 1.54) is 11.3 Å². The largest absolute Gasteiger partial charge is 0.492 e. The van der Waals surface area contributed by atoms with Gasteiger partial charge in [0.25, 0.3) is 0 Å². The first-order valence-electron chi connectivity index (χ1n) is 6.69. The van der Waals surface area contributed by atoms with Crippen molar-refractivity contribution in [2.24, 2.45) is 0 Å². The second-order valence-corrected chi connectivity index (χ2v) is 6.16. The number of carbonyl (C=O) groups is 1. The molecule has 1 aromatic heterocycles. The highest BCUT2D eigenvalue weighted by Crippen LogP contribution is 2.34. The number of hydrogen-bond donors (Lipinski definition) is 1. The van der Waals surface area contributed by atoms with E-state index in [-0.39, 0.29) is 6.10 Å². The van der Waals surface area contributed by atoms with Gasteiger partial charge in [0.2, 0.25) is 0 Å². The average Bonchev–Trinajstić information content (AvgIpc) is 2.97. The van der Waals surface area contributed by atoms with Crippen LogP contribution in [0.3, 0.4) is 0 Å². The molecule has 5 heteroatoms. The van der Waals surface area contributed by atoms with Gasteiger partial charge in [-0.15, -0.1) is 11.3 Å². The number of ether oxygens (including phenoxy) is 2. The third-order valence-electron chi connectivity index (χ3n) is 3.20. The van der Waals surface area contributed by atoms with E-state index in [9.17, 15) is 9.90 Å². The molecule has 2 heterocycles. The minimum absolute atomic E-state index is 0.275. The van der Waals surface area contributed by atoms with E-state index < -0.39 is 5.97 Å². The molecule has 1 fully saturated rings. The SMILES string of the molecule is CC(C)c1cc(OCCC2CCCO2)c(C(=O)O)s1. The Morgan fingerprint density at radius 3 is 3.00 bits per heavy atom. The molecule has 106 valence electrons. The molecule has 4 nitrogen and oxygen atoms in total. The Kier molecular flexibility index (Phi) is 4.82. The Balaban J connectivity index is 1.95. The summed E-state index contributed by atoms with van der Waals surface area (Å²) in [5.41, 5.74) is 0. The molecule has 0 saturated carbocycles. The lowest BCUT2D eigenvalue weighted by molar-refractivity contribution is 0.0695. The third-order valence-corrected chi connectivity index (χ3v) is 4.61. The lowest BCUT2D eigenvalue weighted by atomic mass is 10.2. The van der Waals surface area contributed by atoms with Crippen molar-refractivity contribution in [3.63, 3.8) is 0 Å². The smallest absolute Gasteiger partial charge is 0.349 e. The van der Waals surface area contributed by atoms with Gasteiger partial charge in [-0.3, -0.25) is 0 Å². The van der Waals surface area contributed by atoms with E-state index >= 15 is 0 Å². The van der Waals surface area contributed by atoms with Crippen LogP contribution in [0, 0.1) is 0 Å². The summed E-state index contributed by atoms with van der Waals surface area (Å²) in [5.74, 6) is -0.0955. The summed E-state index contributed by atoms with van der Waals surface area (Å²) < 4.78 is 11.2. The van der Waals surface area contributed by atoms with Gasteiger partial charge in [0.05, 0.1) is 12.7 Å². The maximum atomic E-state index is 11.2. The average molecular weight is 284 g/mol.